The number of anilines is 2. The quantitative estimate of drug-likeness (QED) is 0.137. The van der Waals surface area contributed by atoms with Crippen molar-refractivity contribution < 1.29 is 19.2 Å². The van der Waals surface area contributed by atoms with Gasteiger partial charge in [0.2, 0.25) is 23.7 Å². The number of nitrogens with zero attached hydrogens (tertiary/aromatic N) is 8. The van der Waals surface area contributed by atoms with Crippen LogP contribution in [0.3, 0.4) is 0 Å². The lowest BCUT2D eigenvalue weighted by Crippen LogP contribution is -2.21. The lowest BCUT2D eigenvalue weighted by molar-refractivity contribution is 0.0992. The van der Waals surface area contributed by atoms with Crippen LogP contribution >= 0.6 is 0 Å². The molecule has 2 aromatic carbocycles. The third-order valence-corrected chi connectivity index (χ3v) is 8.77. The van der Waals surface area contributed by atoms with Crippen molar-refractivity contribution in [3.05, 3.63) is 82.4 Å². The van der Waals surface area contributed by atoms with Gasteiger partial charge in [-0.3, -0.25) is 39.2 Å². The van der Waals surface area contributed by atoms with Crippen LogP contribution in [0.4, 0.5) is 11.9 Å². The van der Waals surface area contributed by atoms with Gasteiger partial charge in [0.25, 0.3) is 11.8 Å². The molecule has 0 fully saturated rings. The molecular weight excluding hydrogens is 652 g/mol. The van der Waals surface area contributed by atoms with Crippen molar-refractivity contribution in [3.63, 3.8) is 0 Å². The summed E-state index contributed by atoms with van der Waals surface area (Å²) in [6, 6.07) is 13.3. The van der Waals surface area contributed by atoms with Crippen molar-refractivity contribution in [1.29, 1.82) is 0 Å². The summed E-state index contributed by atoms with van der Waals surface area (Å²) in [5.74, 6) is -1.27. The molecule has 0 aliphatic rings. The fourth-order valence-electron chi connectivity index (χ4n) is 6.33. The highest BCUT2D eigenvalue weighted by atomic mass is 16.2. The Morgan fingerprint density at radius 1 is 0.725 bits per heavy atom. The minimum absolute atomic E-state index is 0.182. The molecule has 51 heavy (non-hydrogen) atoms. The molecule has 16 nitrogen and oxygen atoms in total. The molecule has 4 amide bonds. The maximum atomic E-state index is 13.5. The summed E-state index contributed by atoms with van der Waals surface area (Å²) in [5.41, 5.74) is 16.4. The number of benzene rings is 2. The maximum Gasteiger partial charge on any atom is 0.276 e. The standard InChI is InChI=1S/C35H40N12O4/c1-6-45-28(15-19(3)42-45)32(50)40-34-38-24-17-22(30(36)48)10-12-26(24)44(34)14-8-9-21(5)47-27-13-11-23(31(37)49)18-25(27)39-35(47)41-33(51)29-16-20(4)43-46(29)7-2/h10-13,15-18,21H,6-9,14H2,1-5H3,(H2,36,48)(H2,37,49)(H,38,40,50)(H,39,41,51). The van der Waals surface area contributed by atoms with E-state index in [1.165, 1.54) is 0 Å². The average Bonchev–Trinajstić information content (AvgIpc) is 3.86. The van der Waals surface area contributed by atoms with Crippen molar-refractivity contribution in [1.82, 2.24) is 38.7 Å². The van der Waals surface area contributed by atoms with Crippen molar-refractivity contribution in [2.75, 3.05) is 10.6 Å². The van der Waals surface area contributed by atoms with Gasteiger partial charge in [-0.15, -0.1) is 0 Å². The van der Waals surface area contributed by atoms with Crippen LogP contribution in [-0.2, 0) is 19.6 Å². The van der Waals surface area contributed by atoms with E-state index < -0.39 is 11.8 Å². The lowest BCUT2D eigenvalue weighted by atomic mass is 10.1. The Labute approximate surface area is 292 Å². The summed E-state index contributed by atoms with van der Waals surface area (Å²) >= 11 is 0. The van der Waals surface area contributed by atoms with E-state index in [9.17, 15) is 19.2 Å². The van der Waals surface area contributed by atoms with E-state index >= 15 is 0 Å². The van der Waals surface area contributed by atoms with Gasteiger partial charge in [0, 0.05) is 36.8 Å². The van der Waals surface area contributed by atoms with Gasteiger partial charge in [0.15, 0.2) is 0 Å². The van der Waals surface area contributed by atoms with Gasteiger partial charge in [-0.2, -0.15) is 10.2 Å². The molecule has 0 spiro atoms. The zero-order valence-corrected chi connectivity index (χ0v) is 29.1. The van der Waals surface area contributed by atoms with Crippen LogP contribution in [0.2, 0.25) is 0 Å². The van der Waals surface area contributed by atoms with Gasteiger partial charge < -0.3 is 20.6 Å². The second kappa shape index (κ2) is 13.9. The minimum atomic E-state index is -0.583. The van der Waals surface area contributed by atoms with Crippen LogP contribution in [0.5, 0.6) is 0 Å². The second-order valence-electron chi connectivity index (χ2n) is 12.4. The Morgan fingerprint density at radius 3 is 1.75 bits per heavy atom. The summed E-state index contributed by atoms with van der Waals surface area (Å²) in [6.07, 6.45) is 1.24. The number of amides is 4. The molecule has 6 N–H and O–H groups in total. The number of primary amides is 2. The molecule has 0 radical (unpaired) electrons. The molecule has 264 valence electrons. The van der Waals surface area contributed by atoms with E-state index in [4.69, 9.17) is 16.5 Å². The monoisotopic (exact) mass is 692 g/mol. The van der Waals surface area contributed by atoms with Gasteiger partial charge in [-0.1, -0.05) is 0 Å². The van der Waals surface area contributed by atoms with Crippen molar-refractivity contribution in [2.45, 2.75) is 73.1 Å². The van der Waals surface area contributed by atoms with E-state index in [-0.39, 0.29) is 17.9 Å². The Morgan fingerprint density at radius 2 is 1.22 bits per heavy atom. The molecule has 1 unspecified atom stereocenters. The Bertz CT molecular complexity index is 2330. The fraction of sp³-hybridized carbons (Fsp3) is 0.314. The molecule has 0 saturated heterocycles. The zero-order valence-electron chi connectivity index (χ0n) is 29.1. The van der Waals surface area contributed by atoms with Gasteiger partial charge in [0.05, 0.1) is 33.5 Å². The van der Waals surface area contributed by atoms with Crippen LogP contribution in [0, 0.1) is 13.8 Å². The van der Waals surface area contributed by atoms with Crippen LogP contribution in [0.15, 0.2) is 48.5 Å². The molecule has 1 atom stereocenters. The van der Waals surface area contributed by atoms with Crippen molar-refractivity contribution in [3.8, 4) is 0 Å². The molecule has 4 aromatic heterocycles. The largest absolute Gasteiger partial charge is 0.366 e. The van der Waals surface area contributed by atoms with Gasteiger partial charge >= 0.3 is 0 Å². The summed E-state index contributed by atoms with van der Waals surface area (Å²) in [7, 11) is 0. The summed E-state index contributed by atoms with van der Waals surface area (Å²) in [5, 5.41) is 14.7. The Kier molecular flexibility index (Phi) is 9.41. The number of hydrogen-bond donors (Lipinski definition) is 4. The van der Waals surface area contributed by atoms with Gasteiger partial charge in [0.1, 0.15) is 11.4 Å². The van der Waals surface area contributed by atoms with Crippen molar-refractivity contribution in [2.24, 2.45) is 11.5 Å². The molecule has 0 saturated carbocycles. The van der Waals surface area contributed by atoms with Gasteiger partial charge in [-0.05, 0) is 96.0 Å². The second-order valence-corrected chi connectivity index (χ2v) is 12.4. The van der Waals surface area contributed by atoms with E-state index in [0.717, 1.165) is 11.4 Å². The first kappa shape index (κ1) is 34.5. The minimum Gasteiger partial charge on any atom is -0.366 e. The predicted molar refractivity (Wildman–Crippen MR) is 192 cm³/mol. The molecule has 0 bridgehead atoms. The number of hydrogen-bond acceptors (Lipinski definition) is 8. The highest BCUT2D eigenvalue weighted by Crippen LogP contribution is 2.30. The van der Waals surface area contributed by atoms with E-state index in [1.54, 1.807) is 57.9 Å². The summed E-state index contributed by atoms with van der Waals surface area (Å²) in [6.45, 7) is 11.0. The number of rotatable bonds is 13. The Hall–Kier alpha value is -6.32. The first-order valence-corrected chi connectivity index (χ1v) is 16.7. The number of nitrogens with one attached hydrogen (secondary N) is 2. The molecular formula is C35H40N12O4. The van der Waals surface area contributed by atoms with Crippen LogP contribution in [0.1, 0.15) is 92.7 Å². The SMILES string of the molecule is CCn1nc(C)cc1C(=O)Nc1nc2cc(C(N)=O)ccc2n1CCCC(C)n1c(NC(=O)c2cc(C)nn2CC)nc2cc(C(N)=O)ccc21. The maximum absolute atomic E-state index is 13.5. The smallest absolute Gasteiger partial charge is 0.276 e. The molecule has 4 heterocycles. The van der Waals surface area contributed by atoms with Crippen molar-refractivity contribution >= 4 is 57.6 Å². The van der Waals surface area contributed by atoms with Crippen LogP contribution < -0.4 is 22.1 Å². The van der Waals surface area contributed by atoms with Crippen LogP contribution in [-0.4, -0.2) is 62.3 Å². The molecule has 0 aliphatic carbocycles. The third-order valence-electron chi connectivity index (χ3n) is 8.77. The number of aryl methyl sites for hydroxylation is 5. The van der Waals surface area contributed by atoms with Gasteiger partial charge in [-0.25, -0.2) is 9.97 Å². The summed E-state index contributed by atoms with van der Waals surface area (Å²) in [4.78, 5) is 60.2. The van der Waals surface area contributed by atoms with E-state index in [0.29, 0.717) is 89.0 Å². The zero-order chi connectivity index (χ0) is 36.6. The number of fused-ring (bicyclic) bond motifs is 2. The number of carbonyl (C=O) groups is 4. The molecule has 6 rings (SSSR count). The number of carbonyl (C=O) groups excluding carboxylic acids is 4. The fourth-order valence-corrected chi connectivity index (χ4v) is 6.33. The third kappa shape index (κ3) is 6.79. The topological polar surface area (TPSA) is 216 Å². The Balaban J connectivity index is 1.30. The number of nitrogens with two attached hydrogens (primary N) is 2. The average molecular weight is 693 g/mol. The van der Waals surface area contributed by atoms with E-state index in [2.05, 4.69) is 25.8 Å². The highest BCUT2D eigenvalue weighted by molar-refractivity contribution is 6.04. The predicted octanol–water partition coefficient (Wildman–Crippen LogP) is 4.18. The first-order chi connectivity index (χ1) is 24.4. The van der Waals surface area contributed by atoms with Crippen LogP contribution in [0.25, 0.3) is 22.1 Å². The summed E-state index contributed by atoms with van der Waals surface area (Å²) < 4.78 is 7.08. The molecule has 6 aromatic rings. The normalized spacial score (nSPS) is 12.0. The highest BCUT2D eigenvalue weighted by Gasteiger charge is 2.23. The molecule has 16 heteroatoms. The first-order valence-electron chi connectivity index (χ1n) is 16.7. The number of imidazole rings is 2. The number of aromatic nitrogens is 8. The molecule has 0 aliphatic heterocycles. The van der Waals surface area contributed by atoms with E-state index in [1.807, 2.05) is 43.8 Å². The lowest BCUT2D eigenvalue weighted by Gasteiger charge is -2.19.